The zero-order valence-corrected chi connectivity index (χ0v) is 13.8. The molecule has 0 amide bonds. The van der Waals surface area contributed by atoms with Gasteiger partial charge in [-0.25, -0.2) is 0 Å². The Bertz CT molecular complexity index is 479. The van der Waals surface area contributed by atoms with Gasteiger partial charge in [0.15, 0.2) is 5.75 Å². The van der Waals surface area contributed by atoms with Gasteiger partial charge in [0.1, 0.15) is 0 Å². The molecule has 0 atom stereocenters. The van der Waals surface area contributed by atoms with Crippen molar-refractivity contribution in [2.75, 3.05) is 33.7 Å². The lowest BCUT2D eigenvalue weighted by molar-refractivity contribution is 0.284. The number of rotatable bonds is 9. The topological polar surface area (TPSA) is 48.7 Å². The number of pyridine rings is 1. The molecule has 1 heterocycles. The van der Waals surface area contributed by atoms with Gasteiger partial charge in [-0.05, 0) is 46.6 Å². The zero-order chi connectivity index (χ0) is 15.8. The van der Waals surface area contributed by atoms with E-state index in [9.17, 15) is 9.90 Å². The minimum absolute atomic E-state index is 0.161. The first-order chi connectivity index (χ1) is 9.97. The second-order valence-electron chi connectivity index (χ2n) is 5.68. The van der Waals surface area contributed by atoms with Crippen LogP contribution < -0.4 is 5.43 Å². The molecule has 1 aromatic heterocycles. The Balaban J connectivity index is 2.79. The molecule has 0 aliphatic heterocycles. The lowest BCUT2D eigenvalue weighted by atomic mass is 10.2. The molecule has 0 fully saturated rings. The summed E-state index contributed by atoms with van der Waals surface area (Å²) in [6.07, 6.45) is 3.72. The van der Waals surface area contributed by atoms with Gasteiger partial charge in [-0.1, -0.05) is 13.8 Å². The summed E-state index contributed by atoms with van der Waals surface area (Å²) in [5.74, 6) is -0.161. The summed E-state index contributed by atoms with van der Waals surface area (Å²) >= 11 is 0. The smallest absolute Gasteiger partial charge is 0.223 e. The third-order valence-electron chi connectivity index (χ3n) is 3.73. The summed E-state index contributed by atoms with van der Waals surface area (Å²) in [5, 5.41) is 9.66. The highest BCUT2D eigenvalue weighted by Gasteiger charge is 2.09. The Morgan fingerprint density at radius 1 is 1.19 bits per heavy atom. The molecular weight excluding hydrogens is 266 g/mol. The van der Waals surface area contributed by atoms with Gasteiger partial charge in [-0.15, -0.1) is 0 Å². The molecule has 1 N–H and O–H groups in total. The maximum absolute atomic E-state index is 11.7. The normalized spacial score (nSPS) is 11.5. The minimum Gasteiger partial charge on any atom is -0.503 e. The van der Waals surface area contributed by atoms with Crippen LogP contribution in [0.25, 0.3) is 0 Å². The van der Waals surface area contributed by atoms with Gasteiger partial charge in [-0.3, -0.25) is 9.69 Å². The quantitative estimate of drug-likeness (QED) is 0.705. The Hall–Kier alpha value is -1.33. The number of nitrogens with zero attached hydrogens (tertiary/aromatic N) is 3. The number of hydrogen-bond donors (Lipinski definition) is 1. The zero-order valence-electron chi connectivity index (χ0n) is 13.8. The molecule has 0 aromatic carbocycles. The summed E-state index contributed by atoms with van der Waals surface area (Å²) in [7, 11) is 4.13. The Morgan fingerprint density at radius 3 is 2.43 bits per heavy atom. The molecule has 21 heavy (non-hydrogen) atoms. The van der Waals surface area contributed by atoms with Crippen molar-refractivity contribution >= 4 is 0 Å². The third kappa shape index (κ3) is 5.89. The summed E-state index contributed by atoms with van der Waals surface area (Å²) in [6, 6.07) is 1.57. The van der Waals surface area contributed by atoms with Crippen LogP contribution >= 0.6 is 0 Å². The molecule has 5 nitrogen and oxygen atoms in total. The van der Waals surface area contributed by atoms with Gasteiger partial charge in [0.25, 0.3) is 0 Å². The van der Waals surface area contributed by atoms with E-state index in [1.165, 1.54) is 0 Å². The molecule has 0 bridgehead atoms. The number of aromatic nitrogens is 1. The summed E-state index contributed by atoms with van der Waals surface area (Å²) in [4.78, 5) is 16.1. The van der Waals surface area contributed by atoms with Gasteiger partial charge >= 0.3 is 0 Å². The molecule has 5 heteroatoms. The Labute approximate surface area is 127 Å². The second kappa shape index (κ2) is 8.85. The molecule has 1 rings (SSSR count). The number of unbranched alkanes of at least 4 members (excludes halogenated alkanes) is 1. The van der Waals surface area contributed by atoms with E-state index in [2.05, 4.69) is 37.7 Å². The fourth-order valence-corrected chi connectivity index (χ4v) is 2.33. The van der Waals surface area contributed by atoms with E-state index < -0.39 is 0 Å². The van der Waals surface area contributed by atoms with E-state index in [1.807, 2.05) is 4.57 Å². The first-order valence-corrected chi connectivity index (χ1v) is 7.77. The molecule has 0 spiro atoms. The van der Waals surface area contributed by atoms with Crippen LogP contribution in [0.15, 0.2) is 17.1 Å². The highest BCUT2D eigenvalue weighted by atomic mass is 16.3. The van der Waals surface area contributed by atoms with Crippen molar-refractivity contribution in [3.63, 3.8) is 0 Å². The monoisotopic (exact) mass is 295 g/mol. The maximum Gasteiger partial charge on any atom is 0.223 e. The second-order valence-corrected chi connectivity index (χ2v) is 5.68. The van der Waals surface area contributed by atoms with Crippen molar-refractivity contribution in [3.8, 4) is 5.75 Å². The van der Waals surface area contributed by atoms with Crippen molar-refractivity contribution in [2.45, 2.75) is 39.8 Å². The Kier molecular flexibility index (Phi) is 7.47. The van der Waals surface area contributed by atoms with E-state index in [1.54, 1.807) is 12.3 Å². The van der Waals surface area contributed by atoms with E-state index in [4.69, 9.17) is 0 Å². The number of aryl methyl sites for hydroxylation is 1. The van der Waals surface area contributed by atoms with Gasteiger partial charge in [0.2, 0.25) is 5.43 Å². The standard InChI is InChI=1S/C16H29N3O2/c1-5-18(6-2)12-14-11-15(20)16(21)13-19(14)10-8-7-9-17(3)4/h11,13,21H,5-10,12H2,1-4H3. The van der Waals surface area contributed by atoms with E-state index in [0.29, 0.717) is 0 Å². The van der Waals surface area contributed by atoms with E-state index in [0.717, 1.165) is 51.3 Å². The van der Waals surface area contributed by atoms with Crippen molar-refractivity contribution in [1.29, 1.82) is 0 Å². The lowest BCUT2D eigenvalue weighted by Gasteiger charge is -2.21. The van der Waals surface area contributed by atoms with Crippen LogP contribution in [-0.4, -0.2) is 53.2 Å². The number of aromatic hydroxyl groups is 1. The van der Waals surface area contributed by atoms with Gasteiger partial charge in [0, 0.05) is 24.8 Å². The molecule has 1 aromatic rings. The SMILES string of the molecule is CCN(CC)Cc1cc(=O)c(O)cn1CCCCN(C)C. The van der Waals surface area contributed by atoms with Gasteiger partial charge in [-0.2, -0.15) is 0 Å². The molecule has 0 aliphatic carbocycles. The summed E-state index contributed by atoms with van der Waals surface area (Å²) in [6.45, 7) is 8.76. The molecule has 0 unspecified atom stereocenters. The molecule has 0 saturated carbocycles. The molecule has 120 valence electrons. The fourth-order valence-electron chi connectivity index (χ4n) is 2.33. The molecular formula is C16H29N3O2. The molecule has 0 saturated heterocycles. The predicted molar refractivity (Wildman–Crippen MR) is 86.8 cm³/mol. The van der Waals surface area contributed by atoms with Gasteiger partial charge in [0.05, 0.1) is 6.20 Å². The predicted octanol–water partition coefficient (Wildman–Crippen LogP) is 1.74. The average molecular weight is 295 g/mol. The molecule has 0 aliphatic rings. The van der Waals surface area contributed by atoms with Crippen LogP contribution in [0, 0.1) is 0 Å². The van der Waals surface area contributed by atoms with Crippen molar-refractivity contribution in [1.82, 2.24) is 14.4 Å². The average Bonchev–Trinajstić information content (AvgIpc) is 2.45. The fraction of sp³-hybridized carbons (Fsp3) is 0.688. The highest BCUT2D eigenvalue weighted by Crippen LogP contribution is 2.10. The summed E-state index contributed by atoms with van der Waals surface area (Å²) in [5.41, 5.74) is 0.688. The first-order valence-electron chi connectivity index (χ1n) is 7.77. The summed E-state index contributed by atoms with van der Waals surface area (Å²) < 4.78 is 2.02. The van der Waals surface area contributed by atoms with Crippen LogP contribution in [0.4, 0.5) is 0 Å². The number of hydrogen-bond acceptors (Lipinski definition) is 4. The van der Waals surface area contributed by atoms with Crippen molar-refractivity contribution in [2.24, 2.45) is 0 Å². The lowest BCUT2D eigenvalue weighted by Crippen LogP contribution is -2.26. The third-order valence-corrected chi connectivity index (χ3v) is 3.73. The van der Waals surface area contributed by atoms with Crippen molar-refractivity contribution < 1.29 is 5.11 Å². The Morgan fingerprint density at radius 2 is 1.86 bits per heavy atom. The molecule has 0 radical (unpaired) electrons. The van der Waals surface area contributed by atoms with Crippen LogP contribution in [-0.2, 0) is 13.1 Å². The van der Waals surface area contributed by atoms with Crippen LogP contribution in [0.2, 0.25) is 0 Å². The van der Waals surface area contributed by atoms with Crippen LogP contribution in [0.1, 0.15) is 32.4 Å². The van der Waals surface area contributed by atoms with E-state index >= 15 is 0 Å². The van der Waals surface area contributed by atoms with Crippen molar-refractivity contribution in [3.05, 3.63) is 28.2 Å². The van der Waals surface area contributed by atoms with Crippen LogP contribution in [0.3, 0.4) is 0 Å². The highest BCUT2D eigenvalue weighted by molar-refractivity contribution is 5.20. The van der Waals surface area contributed by atoms with E-state index in [-0.39, 0.29) is 11.2 Å². The maximum atomic E-state index is 11.7. The largest absolute Gasteiger partial charge is 0.503 e. The van der Waals surface area contributed by atoms with Crippen LogP contribution in [0.5, 0.6) is 5.75 Å². The first kappa shape index (κ1) is 17.7. The minimum atomic E-state index is -0.290. The van der Waals surface area contributed by atoms with Gasteiger partial charge < -0.3 is 14.6 Å².